The quantitative estimate of drug-likeness (QED) is 0.552. The first-order valence-electron chi connectivity index (χ1n) is 8.66. The number of hydrogen-bond donors (Lipinski definition) is 3. The van der Waals surface area contributed by atoms with Crippen LogP contribution in [0.5, 0.6) is 5.75 Å². The van der Waals surface area contributed by atoms with Crippen LogP contribution in [0.2, 0.25) is 0 Å². The number of aliphatic hydroxyl groups excluding tert-OH is 1. The van der Waals surface area contributed by atoms with Crippen LogP contribution in [0.15, 0.2) is 34.8 Å². The number of fused-ring (bicyclic) bond motifs is 1. The molecule has 1 atom stereocenters. The van der Waals surface area contributed by atoms with E-state index in [4.69, 9.17) is 10.5 Å². The second kappa shape index (κ2) is 8.10. The lowest BCUT2D eigenvalue weighted by Gasteiger charge is -2.15. The highest BCUT2D eigenvalue weighted by Crippen LogP contribution is 2.31. The molecule has 3 rings (SSSR count). The Labute approximate surface area is 166 Å². The molecule has 0 saturated carbocycles. The molecule has 0 amide bonds. The number of nitrogens with two attached hydrogens (primary N) is 1. The number of nitrogens with zero attached hydrogens (tertiary/aromatic N) is 2. The number of benzene rings is 2. The number of ether oxygens (including phenoxy) is 1. The fourth-order valence-corrected chi connectivity index (χ4v) is 3.52. The molecule has 0 aliphatic carbocycles. The SMILES string of the molecule is COc1cc(Br)c2nc(NCC(O)Cc3ccc(C)cc3C)nc(N)c2c1. The minimum absolute atomic E-state index is 0.325. The summed E-state index contributed by atoms with van der Waals surface area (Å²) < 4.78 is 6.02. The van der Waals surface area contributed by atoms with Gasteiger partial charge in [-0.25, -0.2) is 4.98 Å². The molecule has 0 bridgehead atoms. The van der Waals surface area contributed by atoms with Gasteiger partial charge in [0.2, 0.25) is 5.95 Å². The van der Waals surface area contributed by atoms with Gasteiger partial charge in [-0.2, -0.15) is 4.98 Å². The Bertz CT molecular complexity index is 978. The first kappa shape index (κ1) is 19.4. The first-order chi connectivity index (χ1) is 12.9. The largest absolute Gasteiger partial charge is 0.497 e. The fraction of sp³-hybridized carbons (Fsp3) is 0.300. The Hall–Kier alpha value is -2.38. The maximum absolute atomic E-state index is 10.4. The van der Waals surface area contributed by atoms with Crippen LogP contribution in [0, 0.1) is 13.8 Å². The average molecular weight is 431 g/mol. The second-order valence-corrected chi connectivity index (χ2v) is 7.46. The van der Waals surface area contributed by atoms with Crippen molar-refractivity contribution in [2.24, 2.45) is 0 Å². The predicted molar refractivity (Wildman–Crippen MR) is 112 cm³/mol. The zero-order valence-electron chi connectivity index (χ0n) is 15.6. The molecule has 7 heteroatoms. The topological polar surface area (TPSA) is 93.3 Å². The summed E-state index contributed by atoms with van der Waals surface area (Å²) in [6.07, 6.45) is -0.00507. The molecule has 1 heterocycles. The van der Waals surface area contributed by atoms with Crippen LogP contribution in [-0.4, -0.2) is 34.8 Å². The van der Waals surface area contributed by atoms with Gasteiger partial charge < -0.3 is 20.9 Å². The van der Waals surface area contributed by atoms with Crippen molar-refractivity contribution in [2.45, 2.75) is 26.4 Å². The third-order valence-electron chi connectivity index (χ3n) is 4.44. The number of methoxy groups -OCH3 is 1. The summed E-state index contributed by atoms with van der Waals surface area (Å²) in [6.45, 7) is 4.44. The lowest BCUT2D eigenvalue weighted by molar-refractivity contribution is 0.187. The first-order valence-corrected chi connectivity index (χ1v) is 9.45. The van der Waals surface area contributed by atoms with E-state index < -0.39 is 6.10 Å². The number of aromatic nitrogens is 2. The smallest absolute Gasteiger partial charge is 0.225 e. The van der Waals surface area contributed by atoms with E-state index in [1.165, 1.54) is 11.1 Å². The van der Waals surface area contributed by atoms with E-state index in [0.29, 0.717) is 41.4 Å². The summed E-state index contributed by atoms with van der Waals surface area (Å²) in [5, 5.41) is 14.2. The van der Waals surface area contributed by atoms with Gasteiger partial charge in [0, 0.05) is 22.8 Å². The van der Waals surface area contributed by atoms with Crippen LogP contribution in [0.4, 0.5) is 11.8 Å². The van der Waals surface area contributed by atoms with Gasteiger partial charge in [0.05, 0.1) is 18.7 Å². The van der Waals surface area contributed by atoms with Crippen molar-refractivity contribution in [2.75, 3.05) is 24.7 Å². The molecular weight excluding hydrogens is 408 g/mol. The lowest BCUT2D eigenvalue weighted by Crippen LogP contribution is -2.23. The second-order valence-electron chi connectivity index (χ2n) is 6.61. The van der Waals surface area contributed by atoms with Gasteiger partial charge in [0.1, 0.15) is 11.6 Å². The van der Waals surface area contributed by atoms with Gasteiger partial charge in [-0.1, -0.05) is 23.8 Å². The van der Waals surface area contributed by atoms with E-state index in [2.05, 4.69) is 63.3 Å². The molecule has 0 aliphatic heterocycles. The molecule has 4 N–H and O–H groups in total. The van der Waals surface area contributed by atoms with Crippen molar-refractivity contribution in [3.63, 3.8) is 0 Å². The Morgan fingerprint density at radius 1 is 1.22 bits per heavy atom. The third kappa shape index (κ3) is 4.48. The van der Waals surface area contributed by atoms with Gasteiger partial charge in [0.25, 0.3) is 0 Å². The van der Waals surface area contributed by atoms with Gasteiger partial charge in [-0.3, -0.25) is 0 Å². The van der Waals surface area contributed by atoms with Crippen LogP contribution < -0.4 is 15.8 Å². The van der Waals surface area contributed by atoms with Crippen molar-refractivity contribution < 1.29 is 9.84 Å². The fourth-order valence-electron chi connectivity index (χ4n) is 3.00. The molecule has 3 aromatic rings. The number of anilines is 2. The van der Waals surface area contributed by atoms with Crippen molar-refractivity contribution in [1.29, 1.82) is 0 Å². The van der Waals surface area contributed by atoms with E-state index in [-0.39, 0.29) is 0 Å². The number of aryl methyl sites for hydroxylation is 2. The molecule has 6 nitrogen and oxygen atoms in total. The number of nitrogen functional groups attached to an aromatic ring is 1. The molecule has 0 spiro atoms. The molecular formula is C20H23BrN4O2. The summed E-state index contributed by atoms with van der Waals surface area (Å²) in [6, 6.07) is 9.86. The van der Waals surface area contributed by atoms with Gasteiger partial charge in [-0.05, 0) is 53.0 Å². The van der Waals surface area contributed by atoms with Crippen LogP contribution in [0.1, 0.15) is 16.7 Å². The van der Waals surface area contributed by atoms with Crippen LogP contribution >= 0.6 is 15.9 Å². The van der Waals surface area contributed by atoms with Gasteiger partial charge in [0.15, 0.2) is 0 Å². The molecule has 0 fully saturated rings. The molecule has 1 aromatic heterocycles. The maximum atomic E-state index is 10.4. The number of aliphatic hydroxyl groups is 1. The summed E-state index contributed by atoms with van der Waals surface area (Å²) in [7, 11) is 1.59. The number of nitrogens with one attached hydrogen (secondary N) is 1. The number of halogens is 1. The van der Waals surface area contributed by atoms with Crippen molar-refractivity contribution in [1.82, 2.24) is 9.97 Å². The molecule has 0 radical (unpaired) electrons. The molecule has 27 heavy (non-hydrogen) atoms. The van der Waals surface area contributed by atoms with Crippen molar-refractivity contribution >= 4 is 38.6 Å². The minimum atomic E-state index is -0.564. The lowest BCUT2D eigenvalue weighted by atomic mass is 10.0. The Balaban J connectivity index is 1.73. The van der Waals surface area contributed by atoms with E-state index in [0.717, 1.165) is 10.0 Å². The highest BCUT2D eigenvalue weighted by atomic mass is 79.9. The van der Waals surface area contributed by atoms with E-state index >= 15 is 0 Å². The maximum Gasteiger partial charge on any atom is 0.225 e. The zero-order valence-corrected chi connectivity index (χ0v) is 17.2. The number of hydrogen-bond acceptors (Lipinski definition) is 6. The average Bonchev–Trinajstić information content (AvgIpc) is 2.63. The molecule has 0 saturated heterocycles. The summed E-state index contributed by atoms with van der Waals surface area (Å²) in [4.78, 5) is 8.80. The normalized spacial score (nSPS) is 12.2. The standard InChI is InChI=1S/C20H23BrN4O2/c1-11-4-5-13(12(2)6-11)7-14(26)10-23-20-24-18-16(19(22)25-20)8-15(27-3)9-17(18)21/h4-6,8-9,14,26H,7,10H2,1-3H3,(H3,22,23,24,25). The number of rotatable bonds is 6. The van der Waals surface area contributed by atoms with Crippen LogP contribution in [0.3, 0.4) is 0 Å². The van der Waals surface area contributed by atoms with Gasteiger partial charge >= 0.3 is 0 Å². The summed E-state index contributed by atoms with van der Waals surface area (Å²) >= 11 is 3.49. The summed E-state index contributed by atoms with van der Waals surface area (Å²) in [5.41, 5.74) is 10.3. The van der Waals surface area contributed by atoms with E-state index in [1.807, 2.05) is 6.07 Å². The zero-order chi connectivity index (χ0) is 19.6. The van der Waals surface area contributed by atoms with Crippen molar-refractivity contribution in [3.8, 4) is 5.75 Å². The third-order valence-corrected chi connectivity index (χ3v) is 5.05. The van der Waals surface area contributed by atoms with Crippen LogP contribution in [0.25, 0.3) is 10.9 Å². The highest BCUT2D eigenvalue weighted by Gasteiger charge is 2.13. The Morgan fingerprint density at radius 2 is 2.00 bits per heavy atom. The highest BCUT2D eigenvalue weighted by molar-refractivity contribution is 9.10. The van der Waals surface area contributed by atoms with Crippen molar-refractivity contribution in [3.05, 3.63) is 51.5 Å². The van der Waals surface area contributed by atoms with Gasteiger partial charge in [-0.15, -0.1) is 0 Å². The van der Waals surface area contributed by atoms with E-state index in [1.54, 1.807) is 13.2 Å². The molecule has 0 aliphatic rings. The monoisotopic (exact) mass is 430 g/mol. The molecule has 2 aromatic carbocycles. The minimum Gasteiger partial charge on any atom is -0.497 e. The summed E-state index contributed by atoms with van der Waals surface area (Å²) in [5.74, 6) is 1.41. The Morgan fingerprint density at radius 3 is 2.70 bits per heavy atom. The molecule has 1 unspecified atom stereocenters. The van der Waals surface area contributed by atoms with E-state index in [9.17, 15) is 5.11 Å². The van der Waals surface area contributed by atoms with Crippen LogP contribution in [-0.2, 0) is 6.42 Å². The Kier molecular flexibility index (Phi) is 5.82. The predicted octanol–water partition coefficient (Wildman–Crippen LogP) is 3.62. The molecule has 142 valence electrons.